The van der Waals surface area contributed by atoms with Crippen molar-refractivity contribution in [3.8, 4) is 0 Å². The molecule has 0 spiro atoms. The molecule has 0 fully saturated rings. The van der Waals surface area contributed by atoms with E-state index in [4.69, 9.17) is 28.9 Å². The molecule has 3 N–H and O–H groups in total. The van der Waals surface area contributed by atoms with Crippen molar-refractivity contribution >= 4 is 61.4 Å². The first kappa shape index (κ1) is 23.7. The zero-order valence-corrected chi connectivity index (χ0v) is 20.5. The van der Waals surface area contributed by atoms with E-state index in [1.165, 1.54) is 22.5 Å². The van der Waals surface area contributed by atoms with Gasteiger partial charge in [0.15, 0.2) is 0 Å². The number of halogens is 2. The highest BCUT2D eigenvalue weighted by atomic mass is 35.5. The highest BCUT2D eigenvalue weighted by Crippen LogP contribution is 2.38. The Morgan fingerprint density at radius 1 is 1.09 bits per heavy atom. The lowest BCUT2D eigenvalue weighted by molar-refractivity contribution is 0.1000. The third-order valence-electron chi connectivity index (χ3n) is 5.28. The number of carbonyl (C=O) groups is 2. The quantitative estimate of drug-likeness (QED) is 0.514. The lowest BCUT2D eigenvalue weighted by Gasteiger charge is -2.26. The van der Waals surface area contributed by atoms with Gasteiger partial charge in [-0.15, -0.1) is 11.3 Å². The van der Waals surface area contributed by atoms with Crippen LogP contribution in [0.5, 0.6) is 0 Å². The van der Waals surface area contributed by atoms with Gasteiger partial charge in [0.1, 0.15) is 5.00 Å². The number of thiophene rings is 1. The van der Waals surface area contributed by atoms with Gasteiger partial charge in [-0.1, -0.05) is 40.9 Å². The molecule has 0 saturated heterocycles. The molecule has 0 unspecified atom stereocenters. The average Bonchev–Trinajstić information content (AvgIpc) is 3.10. The number of carbonyl (C=O) groups excluding carboxylic acids is 2. The van der Waals surface area contributed by atoms with Crippen molar-refractivity contribution in [3.05, 3.63) is 79.6 Å². The van der Waals surface area contributed by atoms with Gasteiger partial charge in [0.2, 0.25) is 10.0 Å². The van der Waals surface area contributed by atoms with Crippen LogP contribution in [0.3, 0.4) is 0 Å². The van der Waals surface area contributed by atoms with E-state index in [1.54, 1.807) is 24.3 Å². The van der Waals surface area contributed by atoms with Crippen molar-refractivity contribution in [2.24, 2.45) is 5.73 Å². The van der Waals surface area contributed by atoms with Gasteiger partial charge in [0, 0.05) is 33.6 Å². The van der Waals surface area contributed by atoms with Crippen LogP contribution in [0.1, 0.15) is 36.7 Å². The minimum atomic E-state index is -3.71. The van der Waals surface area contributed by atoms with E-state index in [0.29, 0.717) is 26.9 Å². The molecule has 0 radical (unpaired) electrons. The Morgan fingerprint density at radius 2 is 1.73 bits per heavy atom. The van der Waals surface area contributed by atoms with Crippen molar-refractivity contribution in [2.75, 3.05) is 11.9 Å². The van der Waals surface area contributed by atoms with Crippen molar-refractivity contribution in [3.63, 3.8) is 0 Å². The molecule has 2 amide bonds. The lowest BCUT2D eigenvalue weighted by atomic mass is 10.0. The number of anilines is 1. The maximum absolute atomic E-state index is 13.1. The minimum absolute atomic E-state index is 0.0787. The molecule has 2 aromatic carbocycles. The molecule has 7 nitrogen and oxygen atoms in total. The second kappa shape index (κ2) is 9.08. The van der Waals surface area contributed by atoms with Crippen molar-refractivity contribution in [2.45, 2.75) is 24.8 Å². The molecule has 3 aromatic rings. The molecule has 1 aliphatic rings. The summed E-state index contributed by atoms with van der Waals surface area (Å²) in [4.78, 5) is 25.8. The van der Waals surface area contributed by atoms with Crippen LogP contribution in [0.25, 0.3) is 0 Å². The van der Waals surface area contributed by atoms with Crippen LogP contribution in [-0.2, 0) is 23.0 Å². The van der Waals surface area contributed by atoms with Gasteiger partial charge in [-0.05, 0) is 49.2 Å². The van der Waals surface area contributed by atoms with Gasteiger partial charge in [0.25, 0.3) is 11.8 Å². The zero-order valence-electron chi connectivity index (χ0n) is 17.4. The topological polar surface area (TPSA) is 110 Å². The number of nitrogens with one attached hydrogen (secondary N) is 1. The Morgan fingerprint density at radius 3 is 2.33 bits per heavy atom. The molecule has 33 heavy (non-hydrogen) atoms. The first-order valence-corrected chi connectivity index (χ1v) is 12.9. The van der Waals surface area contributed by atoms with E-state index in [1.807, 2.05) is 6.92 Å². The number of hydrogen-bond donors (Lipinski definition) is 2. The highest BCUT2D eigenvalue weighted by Gasteiger charge is 2.33. The predicted octanol–water partition coefficient (Wildman–Crippen LogP) is 4.46. The predicted molar refractivity (Wildman–Crippen MR) is 130 cm³/mol. The number of rotatable bonds is 5. The molecule has 172 valence electrons. The van der Waals surface area contributed by atoms with E-state index >= 15 is 0 Å². The number of primary amides is 1. The number of nitrogens with zero attached hydrogens (tertiary/aromatic N) is 1. The Labute approximate surface area is 205 Å². The van der Waals surface area contributed by atoms with E-state index < -0.39 is 21.8 Å². The van der Waals surface area contributed by atoms with Gasteiger partial charge in [-0.2, -0.15) is 4.31 Å². The van der Waals surface area contributed by atoms with E-state index in [0.717, 1.165) is 16.9 Å². The van der Waals surface area contributed by atoms with Gasteiger partial charge < -0.3 is 11.1 Å². The molecule has 0 atom stereocenters. The SMILES string of the molecule is Cc1ccc(S(=O)(=O)N2CCc3c(sc(NC(=O)c4cc(Cl)cc(Cl)c4)c3C(N)=O)C2)cc1. The first-order valence-electron chi connectivity index (χ1n) is 9.85. The molecule has 0 saturated carbocycles. The Hall–Kier alpha value is -2.43. The number of amides is 2. The standard InChI is InChI=1S/C22H19Cl2N3O4S2/c1-12-2-4-16(5-3-12)33(30,31)27-7-6-17-18(11-27)32-22(19(17)20(25)28)26-21(29)13-8-14(23)10-15(24)9-13/h2-5,8-10H,6-7,11H2,1H3,(H2,25,28)(H,26,29). The normalized spacial score (nSPS) is 14.0. The van der Waals surface area contributed by atoms with Crippen LogP contribution in [0.15, 0.2) is 47.4 Å². The van der Waals surface area contributed by atoms with Crippen molar-refractivity contribution in [1.29, 1.82) is 0 Å². The third-order valence-corrected chi connectivity index (χ3v) is 8.71. The summed E-state index contributed by atoms with van der Waals surface area (Å²) in [6, 6.07) is 11.0. The fourth-order valence-electron chi connectivity index (χ4n) is 3.65. The van der Waals surface area contributed by atoms with Crippen LogP contribution in [0, 0.1) is 6.92 Å². The van der Waals surface area contributed by atoms with Gasteiger partial charge in [-0.3, -0.25) is 9.59 Å². The number of aryl methyl sites for hydroxylation is 1. The van der Waals surface area contributed by atoms with Crippen LogP contribution in [-0.4, -0.2) is 31.1 Å². The lowest BCUT2D eigenvalue weighted by Crippen LogP contribution is -2.35. The van der Waals surface area contributed by atoms with Crippen LogP contribution < -0.4 is 11.1 Å². The van der Waals surface area contributed by atoms with E-state index in [9.17, 15) is 18.0 Å². The summed E-state index contributed by atoms with van der Waals surface area (Å²) in [6.45, 7) is 2.15. The molecule has 0 aliphatic carbocycles. The van der Waals surface area contributed by atoms with Gasteiger partial charge in [0.05, 0.1) is 10.5 Å². The Balaban J connectivity index is 1.64. The average molecular weight is 524 g/mol. The van der Waals surface area contributed by atoms with E-state index in [-0.39, 0.29) is 34.1 Å². The number of fused-ring (bicyclic) bond motifs is 1. The summed E-state index contributed by atoms with van der Waals surface area (Å²) in [6.07, 6.45) is 0.300. The molecule has 0 bridgehead atoms. The van der Waals surface area contributed by atoms with Gasteiger partial charge >= 0.3 is 0 Å². The maximum atomic E-state index is 13.1. The fraction of sp³-hybridized carbons (Fsp3) is 0.182. The summed E-state index contributed by atoms with van der Waals surface area (Å²) >= 11 is 13.1. The summed E-state index contributed by atoms with van der Waals surface area (Å²) in [5.74, 6) is -1.20. The largest absolute Gasteiger partial charge is 0.365 e. The molecule has 2 heterocycles. The second-order valence-corrected chi connectivity index (χ2v) is 11.5. The summed E-state index contributed by atoms with van der Waals surface area (Å²) in [7, 11) is -3.71. The summed E-state index contributed by atoms with van der Waals surface area (Å²) in [5.41, 5.74) is 7.65. The second-order valence-electron chi connectivity index (χ2n) is 7.59. The Kier molecular flexibility index (Phi) is 6.52. The summed E-state index contributed by atoms with van der Waals surface area (Å²) < 4.78 is 27.6. The zero-order chi connectivity index (χ0) is 23.9. The molecular weight excluding hydrogens is 505 g/mol. The highest BCUT2D eigenvalue weighted by molar-refractivity contribution is 7.89. The summed E-state index contributed by atoms with van der Waals surface area (Å²) in [5, 5.41) is 3.56. The molecule has 4 rings (SSSR count). The molecule has 1 aliphatic heterocycles. The monoisotopic (exact) mass is 523 g/mol. The molecule has 11 heteroatoms. The van der Waals surface area contributed by atoms with Crippen molar-refractivity contribution < 1.29 is 18.0 Å². The van der Waals surface area contributed by atoms with Crippen LogP contribution in [0.4, 0.5) is 5.00 Å². The number of hydrogen-bond acceptors (Lipinski definition) is 5. The first-order chi connectivity index (χ1) is 15.6. The molecule has 1 aromatic heterocycles. The van der Waals surface area contributed by atoms with E-state index in [2.05, 4.69) is 5.32 Å². The molecular formula is C22H19Cl2N3O4S2. The number of sulfonamides is 1. The minimum Gasteiger partial charge on any atom is -0.365 e. The van der Waals surface area contributed by atoms with Crippen LogP contribution in [0.2, 0.25) is 10.0 Å². The Bertz CT molecular complexity index is 1350. The number of benzene rings is 2. The van der Waals surface area contributed by atoms with Gasteiger partial charge in [-0.25, -0.2) is 8.42 Å². The maximum Gasteiger partial charge on any atom is 0.256 e. The smallest absolute Gasteiger partial charge is 0.256 e. The number of nitrogens with two attached hydrogens (primary N) is 1. The van der Waals surface area contributed by atoms with Crippen LogP contribution >= 0.6 is 34.5 Å². The third kappa shape index (κ3) is 4.78. The fourth-order valence-corrected chi connectivity index (χ4v) is 6.93. The van der Waals surface area contributed by atoms with Crippen molar-refractivity contribution in [1.82, 2.24) is 4.31 Å².